The number of benzene rings is 1. The van der Waals surface area contributed by atoms with Gasteiger partial charge in [-0.3, -0.25) is 14.5 Å². The highest BCUT2D eigenvalue weighted by Crippen LogP contribution is 2.21. The number of hydrogen-bond donors (Lipinski definition) is 1. The van der Waals surface area contributed by atoms with E-state index in [0.717, 1.165) is 0 Å². The molecule has 1 atom stereocenters. The first kappa shape index (κ1) is 13.5. The lowest BCUT2D eigenvalue weighted by atomic mass is 10.1. The minimum atomic E-state index is -0.898. The molecule has 0 saturated carbocycles. The van der Waals surface area contributed by atoms with Gasteiger partial charge in [-0.1, -0.05) is 0 Å². The number of hydrogen-bond acceptors (Lipinski definition) is 3. The maximum Gasteiger partial charge on any atom is 0.305 e. The van der Waals surface area contributed by atoms with E-state index in [1.165, 1.54) is 29.2 Å². The minimum absolute atomic E-state index is 0.0263. The highest BCUT2D eigenvalue weighted by atomic mass is 19.1. The zero-order valence-corrected chi connectivity index (χ0v) is 10.5. The van der Waals surface area contributed by atoms with Crippen molar-refractivity contribution in [2.75, 3.05) is 25.0 Å². The van der Waals surface area contributed by atoms with Gasteiger partial charge < -0.3 is 10.0 Å². The van der Waals surface area contributed by atoms with Crippen LogP contribution in [0.4, 0.5) is 10.1 Å². The Morgan fingerprint density at radius 1 is 1.42 bits per heavy atom. The molecule has 1 aliphatic heterocycles. The number of piperazine rings is 1. The number of carbonyl (C=O) groups is 2. The lowest BCUT2D eigenvalue weighted by Gasteiger charge is -2.38. The van der Waals surface area contributed by atoms with Gasteiger partial charge in [0.15, 0.2) is 0 Å². The molecule has 2 rings (SSSR count). The van der Waals surface area contributed by atoms with Crippen LogP contribution < -0.4 is 4.90 Å². The van der Waals surface area contributed by atoms with E-state index in [1.54, 1.807) is 11.9 Å². The summed E-state index contributed by atoms with van der Waals surface area (Å²) >= 11 is 0. The number of aliphatic carboxylic acids is 1. The molecule has 1 aromatic carbocycles. The largest absolute Gasteiger partial charge is 0.481 e. The third-order valence-corrected chi connectivity index (χ3v) is 3.25. The number of carboxylic acid groups (broad SMARTS) is 1. The first-order valence-electron chi connectivity index (χ1n) is 5.95. The van der Waals surface area contributed by atoms with Gasteiger partial charge in [0, 0.05) is 18.3 Å². The molecule has 1 unspecified atom stereocenters. The molecule has 6 heteroatoms. The van der Waals surface area contributed by atoms with E-state index < -0.39 is 5.97 Å². The zero-order chi connectivity index (χ0) is 14.0. The first-order valence-corrected chi connectivity index (χ1v) is 5.95. The summed E-state index contributed by atoms with van der Waals surface area (Å²) < 4.78 is 12.9. The van der Waals surface area contributed by atoms with Crippen LogP contribution in [-0.2, 0) is 9.59 Å². The molecule has 1 amide bonds. The number of carboxylic acids is 1. The highest BCUT2D eigenvalue weighted by Gasteiger charge is 2.31. The van der Waals surface area contributed by atoms with Crippen LogP contribution in [-0.4, -0.2) is 48.1 Å². The molecular weight excluding hydrogens is 251 g/mol. The molecule has 1 fully saturated rings. The van der Waals surface area contributed by atoms with E-state index in [0.29, 0.717) is 12.2 Å². The molecule has 0 radical (unpaired) electrons. The van der Waals surface area contributed by atoms with Crippen LogP contribution in [0, 0.1) is 5.82 Å². The first-order chi connectivity index (χ1) is 8.97. The predicted molar refractivity (Wildman–Crippen MR) is 67.4 cm³/mol. The van der Waals surface area contributed by atoms with Crippen LogP contribution in [0.3, 0.4) is 0 Å². The summed E-state index contributed by atoms with van der Waals surface area (Å²) in [5.41, 5.74) is 0.592. The van der Waals surface area contributed by atoms with Gasteiger partial charge in [-0.15, -0.1) is 0 Å². The number of rotatable bonds is 3. The number of anilines is 1. The maximum atomic E-state index is 12.9. The second-order valence-corrected chi connectivity index (χ2v) is 4.65. The van der Waals surface area contributed by atoms with Gasteiger partial charge in [-0.2, -0.15) is 0 Å². The zero-order valence-electron chi connectivity index (χ0n) is 10.5. The van der Waals surface area contributed by atoms with E-state index in [1.807, 2.05) is 0 Å². The summed E-state index contributed by atoms with van der Waals surface area (Å²) in [6.45, 7) is 0.461. The van der Waals surface area contributed by atoms with Gasteiger partial charge in [-0.25, -0.2) is 4.39 Å². The molecule has 19 heavy (non-hydrogen) atoms. The van der Waals surface area contributed by atoms with Gasteiger partial charge in [0.1, 0.15) is 5.82 Å². The third-order valence-electron chi connectivity index (χ3n) is 3.25. The van der Waals surface area contributed by atoms with E-state index >= 15 is 0 Å². The lowest BCUT2D eigenvalue weighted by Crippen LogP contribution is -2.55. The molecular formula is C13H15FN2O3. The van der Waals surface area contributed by atoms with Crippen LogP contribution in [0.15, 0.2) is 24.3 Å². The van der Waals surface area contributed by atoms with E-state index in [4.69, 9.17) is 5.11 Å². The number of amides is 1. The SMILES string of the molecule is CN1CC(=O)N(c2ccc(F)cc2)CC1CC(=O)O. The monoisotopic (exact) mass is 266 g/mol. The van der Waals surface area contributed by atoms with Crippen molar-refractivity contribution in [2.45, 2.75) is 12.5 Å². The Morgan fingerprint density at radius 2 is 2.05 bits per heavy atom. The Morgan fingerprint density at radius 3 is 2.63 bits per heavy atom. The van der Waals surface area contributed by atoms with Crippen molar-refractivity contribution in [3.05, 3.63) is 30.1 Å². The van der Waals surface area contributed by atoms with Gasteiger partial charge >= 0.3 is 5.97 Å². The second kappa shape index (κ2) is 5.36. The summed E-state index contributed by atoms with van der Waals surface area (Å²) in [4.78, 5) is 26.0. The second-order valence-electron chi connectivity index (χ2n) is 4.65. The van der Waals surface area contributed by atoms with Crippen LogP contribution in [0.1, 0.15) is 6.42 Å². The molecule has 0 aromatic heterocycles. The van der Waals surface area contributed by atoms with Gasteiger partial charge in [0.2, 0.25) is 5.91 Å². The van der Waals surface area contributed by atoms with Gasteiger partial charge in [0.25, 0.3) is 0 Å². The quantitative estimate of drug-likeness (QED) is 0.884. The molecule has 0 bridgehead atoms. The smallest absolute Gasteiger partial charge is 0.305 e. The van der Waals surface area contributed by atoms with E-state index in [2.05, 4.69) is 0 Å². The lowest BCUT2D eigenvalue weighted by molar-refractivity contribution is -0.139. The van der Waals surface area contributed by atoms with Crippen LogP contribution >= 0.6 is 0 Å². The maximum absolute atomic E-state index is 12.9. The third kappa shape index (κ3) is 3.08. The summed E-state index contributed by atoms with van der Waals surface area (Å²) in [7, 11) is 1.73. The van der Waals surface area contributed by atoms with Crippen molar-refractivity contribution in [1.82, 2.24) is 4.90 Å². The summed E-state index contributed by atoms with van der Waals surface area (Å²) in [5, 5.41) is 8.86. The summed E-state index contributed by atoms with van der Waals surface area (Å²) in [6.07, 6.45) is -0.0263. The Labute approximate surface area is 110 Å². The van der Waals surface area contributed by atoms with Crippen molar-refractivity contribution >= 4 is 17.6 Å². The Balaban J connectivity index is 2.17. The Bertz CT molecular complexity index is 489. The molecule has 1 saturated heterocycles. The standard InChI is InChI=1S/C13H15FN2O3/c1-15-8-12(17)16(7-11(15)6-13(18)19)10-4-2-9(14)3-5-10/h2-5,11H,6-8H2,1H3,(H,18,19). The molecule has 102 valence electrons. The summed E-state index contributed by atoms with van der Waals surface area (Å²) in [6, 6.07) is 5.38. The molecule has 5 nitrogen and oxygen atoms in total. The van der Waals surface area contributed by atoms with Crippen molar-refractivity contribution in [1.29, 1.82) is 0 Å². The molecule has 1 N–H and O–H groups in total. The molecule has 1 aromatic rings. The highest BCUT2D eigenvalue weighted by molar-refractivity contribution is 5.95. The number of nitrogens with zero attached hydrogens (tertiary/aromatic N) is 2. The predicted octanol–water partition coefficient (Wildman–Crippen LogP) is 0.947. The van der Waals surface area contributed by atoms with Crippen molar-refractivity contribution < 1.29 is 19.1 Å². The van der Waals surface area contributed by atoms with Crippen LogP contribution in [0.2, 0.25) is 0 Å². The average Bonchev–Trinajstić information content (AvgIpc) is 2.33. The Hall–Kier alpha value is -1.95. The average molecular weight is 266 g/mol. The molecule has 0 aliphatic carbocycles. The fraction of sp³-hybridized carbons (Fsp3) is 0.385. The van der Waals surface area contributed by atoms with Crippen molar-refractivity contribution in [3.8, 4) is 0 Å². The van der Waals surface area contributed by atoms with Crippen molar-refractivity contribution in [3.63, 3.8) is 0 Å². The summed E-state index contributed by atoms with van der Waals surface area (Å²) in [5.74, 6) is -1.38. The Kier molecular flexibility index (Phi) is 3.80. The molecule has 0 spiro atoms. The van der Waals surface area contributed by atoms with Gasteiger partial charge in [0.05, 0.1) is 13.0 Å². The minimum Gasteiger partial charge on any atom is -0.481 e. The normalized spacial score (nSPS) is 20.6. The number of halogens is 1. The number of carbonyl (C=O) groups excluding carboxylic acids is 1. The topological polar surface area (TPSA) is 60.9 Å². The van der Waals surface area contributed by atoms with Crippen molar-refractivity contribution in [2.24, 2.45) is 0 Å². The van der Waals surface area contributed by atoms with Gasteiger partial charge in [-0.05, 0) is 31.3 Å². The van der Waals surface area contributed by atoms with Crippen LogP contribution in [0.5, 0.6) is 0 Å². The fourth-order valence-corrected chi connectivity index (χ4v) is 2.17. The number of likely N-dealkylation sites (N-methyl/N-ethyl adjacent to an activating group) is 1. The van der Waals surface area contributed by atoms with E-state index in [-0.39, 0.29) is 30.7 Å². The molecule has 1 heterocycles. The van der Waals surface area contributed by atoms with E-state index in [9.17, 15) is 14.0 Å². The molecule has 1 aliphatic rings. The fourth-order valence-electron chi connectivity index (χ4n) is 2.17. The van der Waals surface area contributed by atoms with Crippen LogP contribution in [0.25, 0.3) is 0 Å².